The number of nitro benzene ring substituents is 2. The van der Waals surface area contributed by atoms with Gasteiger partial charge in [0.1, 0.15) is 4.88 Å². The van der Waals surface area contributed by atoms with Gasteiger partial charge in [0.2, 0.25) is 0 Å². The molecule has 0 saturated carbocycles. The molecule has 4 aromatic rings. The Balaban J connectivity index is 1.54. The molecular weight excluding hydrogens is 640 g/mol. The van der Waals surface area contributed by atoms with E-state index in [1.165, 1.54) is 55.5 Å². The smallest absolute Gasteiger partial charge is 0.350 e. The molecule has 0 aliphatic rings. The number of amides is 1. The first-order valence-electron chi connectivity index (χ1n) is 12.4. The minimum atomic E-state index is -4.15. The molecule has 0 radical (unpaired) electrons. The number of benzene rings is 3. The van der Waals surface area contributed by atoms with E-state index in [1.54, 1.807) is 6.92 Å². The Kier molecular flexibility index (Phi) is 9.41. The highest BCUT2D eigenvalue weighted by atomic mass is 35.5. The molecule has 0 fully saturated rings. The largest absolute Gasteiger partial charge is 0.462 e. The quantitative estimate of drug-likeness (QED) is 0.0979. The summed E-state index contributed by atoms with van der Waals surface area (Å²) in [4.78, 5) is 50.9. The predicted molar refractivity (Wildman–Crippen MR) is 162 cm³/mol. The van der Waals surface area contributed by atoms with E-state index in [-0.39, 0.29) is 38.4 Å². The molecule has 18 heteroatoms. The van der Waals surface area contributed by atoms with Gasteiger partial charge in [0.05, 0.1) is 32.6 Å². The monoisotopic (exact) mass is 660 g/mol. The molecule has 0 aliphatic heterocycles. The zero-order valence-corrected chi connectivity index (χ0v) is 25.1. The van der Waals surface area contributed by atoms with Gasteiger partial charge in [-0.15, -0.1) is 0 Å². The van der Waals surface area contributed by atoms with E-state index >= 15 is 0 Å². The highest BCUT2D eigenvalue weighted by Gasteiger charge is 2.29. The van der Waals surface area contributed by atoms with Crippen molar-refractivity contribution >= 4 is 78.4 Å². The third-order valence-electron chi connectivity index (χ3n) is 5.77. The van der Waals surface area contributed by atoms with E-state index in [1.807, 2.05) is 0 Å². The fourth-order valence-electron chi connectivity index (χ4n) is 3.76. The van der Waals surface area contributed by atoms with E-state index in [4.69, 9.17) is 16.3 Å². The summed E-state index contributed by atoms with van der Waals surface area (Å²) in [6, 6.07) is 12.5. The van der Waals surface area contributed by atoms with E-state index in [9.17, 15) is 38.2 Å². The summed E-state index contributed by atoms with van der Waals surface area (Å²) in [6.45, 7) is 3.31. The van der Waals surface area contributed by atoms with Crippen molar-refractivity contribution in [2.45, 2.75) is 18.7 Å². The van der Waals surface area contributed by atoms with Crippen molar-refractivity contribution in [2.75, 3.05) is 22.0 Å². The summed E-state index contributed by atoms with van der Waals surface area (Å²) < 4.78 is 32.9. The molecule has 1 aromatic heterocycles. The number of aromatic nitrogens is 1. The second-order valence-electron chi connectivity index (χ2n) is 8.77. The molecule has 3 aromatic carbocycles. The Morgan fingerprint density at radius 2 is 1.55 bits per heavy atom. The van der Waals surface area contributed by atoms with Crippen molar-refractivity contribution in [1.82, 2.24) is 4.98 Å². The van der Waals surface area contributed by atoms with Crippen molar-refractivity contribution in [2.24, 2.45) is 0 Å². The summed E-state index contributed by atoms with van der Waals surface area (Å²) in [5, 5.41) is 29.0. The standard InChI is InChI=1S/C26H21ClN6O9S2/c1-3-42-25(35)23-14(2)28-26(43-23)31-44(40,41)19-10-8-18(9-11-19)30-24(34)15-12-20(32(36)37)22(21(13-15)33(38)39)29-17-6-4-16(27)5-7-17/h4-13,29H,3H2,1-2H3,(H,28,31)(H,30,34). The first kappa shape index (κ1) is 31.8. The fourth-order valence-corrected chi connectivity index (χ4v) is 5.98. The number of halogens is 1. The number of carbonyl (C=O) groups is 2. The minimum Gasteiger partial charge on any atom is -0.462 e. The van der Waals surface area contributed by atoms with Gasteiger partial charge >= 0.3 is 17.3 Å². The van der Waals surface area contributed by atoms with Crippen LogP contribution in [-0.2, 0) is 14.8 Å². The molecule has 1 heterocycles. The first-order chi connectivity index (χ1) is 20.8. The van der Waals surface area contributed by atoms with E-state index in [0.29, 0.717) is 10.7 Å². The Bertz CT molecular complexity index is 1840. The molecule has 228 valence electrons. The lowest BCUT2D eigenvalue weighted by Crippen LogP contribution is -2.15. The van der Waals surface area contributed by atoms with Crippen LogP contribution in [0.15, 0.2) is 65.6 Å². The van der Waals surface area contributed by atoms with Gasteiger partial charge in [-0.2, -0.15) is 0 Å². The molecular formula is C26H21ClN6O9S2. The highest BCUT2D eigenvalue weighted by molar-refractivity contribution is 7.93. The summed E-state index contributed by atoms with van der Waals surface area (Å²) in [5.41, 5.74) is -1.61. The number of carbonyl (C=O) groups excluding carboxylic acids is 2. The predicted octanol–water partition coefficient (Wildman–Crippen LogP) is 5.89. The minimum absolute atomic E-state index is 0.0554. The van der Waals surface area contributed by atoms with E-state index < -0.39 is 48.8 Å². The van der Waals surface area contributed by atoms with E-state index in [2.05, 4.69) is 20.3 Å². The zero-order valence-electron chi connectivity index (χ0n) is 22.7. The average Bonchev–Trinajstić information content (AvgIpc) is 3.33. The maximum absolute atomic E-state index is 13.0. The molecule has 15 nitrogen and oxygen atoms in total. The number of nitro groups is 2. The van der Waals surface area contributed by atoms with E-state index in [0.717, 1.165) is 23.5 Å². The number of ether oxygens (including phenoxy) is 1. The number of hydrogen-bond acceptors (Lipinski definition) is 12. The number of rotatable bonds is 11. The van der Waals surface area contributed by atoms with Crippen LogP contribution in [0.5, 0.6) is 0 Å². The van der Waals surface area contributed by atoms with Crippen LogP contribution in [0.3, 0.4) is 0 Å². The second kappa shape index (κ2) is 13.0. The van der Waals surface area contributed by atoms with Gasteiger partial charge in [0.15, 0.2) is 10.8 Å². The number of anilines is 4. The Hall–Kier alpha value is -5.13. The van der Waals surface area contributed by atoms with Crippen LogP contribution in [0.2, 0.25) is 5.02 Å². The lowest BCUT2D eigenvalue weighted by Gasteiger charge is -2.11. The Labute approximate surface area is 258 Å². The molecule has 0 aliphatic carbocycles. The molecule has 3 N–H and O–H groups in total. The topological polar surface area (TPSA) is 213 Å². The SMILES string of the molecule is CCOC(=O)c1sc(NS(=O)(=O)c2ccc(NC(=O)c3cc([N+](=O)[O-])c(Nc4ccc(Cl)cc4)c([N+](=O)[O-])c3)cc2)nc1C. The normalized spacial score (nSPS) is 11.0. The van der Waals surface area contributed by atoms with Crippen LogP contribution in [0.1, 0.15) is 32.6 Å². The summed E-state index contributed by atoms with van der Waals surface area (Å²) >= 11 is 6.66. The molecule has 0 spiro atoms. The Morgan fingerprint density at radius 3 is 2.09 bits per heavy atom. The molecule has 4 rings (SSSR count). The molecule has 0 unspecified atom stereocenters. The number of nitrogens with one attached hydrogen (secondary N) is 3. The number of aryl methyl sites for hydroxylation is 1. The average molecular weight is 661 g/mol. The van der Waals surface area contributed by atoms with Crippen molar-refractivity contribution in [3.63, 3.8) is 0 Å². The van der Waals surface area contributed by atoms with Crippen molar-refractivity contribution in [3.8, 4) is 0 Å². The third kappa shape index (κ3) is 7.25. The van der Waals surface area contributed by atoms with Gasteiger partial charge in [0, 0.05) is 28.5 Å². The molecule has 0 atom stereocenters. The number of sulfonamides is 1. The second-order valence-corrected chi connectivity index (χ2v) is 11.9. The number of nitrogens with zero attached hydrogens (tertiary/aromatic N) is 3. The Morgan fingerprint density at radius 1 is 0.977 bits per heavy atom. The lowest BCUT2D eigenvalue weighted by molar-refractivity contribution is -0.392. The van der Waals surface area contributed by atoms with Crippen LogP contribution in [0, 0.1) is 27.2 Å². The van der Waals surface area contributed by atoms with Crippen LogP contribution in [0.4, 0.5) is 33.6 Å². The fraction of sp³-hybridized carbons (Fsp3) is 0.115. The van der Waals surface area contributed by atoms with Gasteiger partial charge in [-0.3, -0.25) is 29.7 Å². The molecule has 1 amide bonds. The maximum Gasteiger partial charge on any atom is 0.350 e. The third-order valence-corrected chi connectivity index (χ3v) is 8.56. The zero-order chi connectivity index (χ0) is 32.2. The molecule has 44 heavy (non-hydrogen) atoms. The number of hydrogen-bond donors (Lipinski definition) is 3. The number of thiazole rings is 1. The van der Waals surface area contributed by atoms with Gasteiger partial charge in [-0.05, 0) is 62.4 Å². The van der Waals surface area contributed by atoms with Crippen LogP contribution < -0.4 is 15.4 Å². The summed E-state index contributed by atoms with van der Waals surface area (Å²) in [7, 11) is -4.15. The van der Waals surface area contributed by atoms with Gasteiger partial charge in [0.25, 0.3) is 15.9 Å². The summed E-state index contributed by atoms with van der Waals surface area (Å²) in [6.07, 6.45) is 0. The van der Waals surface area contributed by atoms with Crippen molar-refractivity contribution in [1.29, 1.82) is 0 Å². The van der Waals surface area contributed by atoms with Gasteiger partial charge in [-0.25, -0.2) is 18.2 Å². The van der Waals surface area contributed by atoms with Crippen LogP contribution >= 0.6 is 22.9 Å². The van der Waals surface area contributed by atoms with Crippen LogP contribution in [-0.4, -0.2) is 41.7 Å². The van der Waals surface area contributed by atoms with Gasteiger partial charge < -0.3 is 15.4 Å². The van der Waals surface area contributed by atoms with Gasteiger partial charge in [-0.1, -0.05) is 22.9 Å². The molecule has 0 bridgehead atoms. The van der Waals surface area contributed by atoms with Crippen molar-refractivity contribution in [3.05, 3.63) is 102 Å². The lowest BCUT2D eigenvalue weighted by atomic mass is 10.1. The highest BCUT2D eigenvalue weighted by Crippen LogP contribution is 2.38. The number of esters is 1. The van der Waals surface area contributed by atoms with Crippen molar-refractivity contribution < 1.29 is 32.6 Å². The van der Waals surface area contributed by atoms with Crippen LogP contribution in [0.25, 0.3) is 0 Å². The maximum atomic E-state index is 13.0. The first-order valence-corrected chi connectivity index (χ1v) is 15.0. The summed E-state index contributed by atoms with van der Waals surface area (Å²) in [5.74, 6) is -1.55. The molecule has 0 saturated heterocycles.